The second-order valence-corrected chi connectivity index (χ2v) is 3.04. The van der Waals surface area contributed by atoms with Gasteiger partial charge in [0, 0.05) is 12.6 Å². The predicted molar refractivity (Wildman–Crippen MR) is 47.4 cm³/mol. The third-order valence-corrected chi connectivity index (χ3v) is 1.98. The van der Waals surface area contributed by atoms with Crippen LogP contribution in [0, 0.1) is 5.82 Å². The highest BCUT2D eigenvalue weighted by Crippen LogP contribution is 2.35. The predicted octanol–water partition coefficient (Wildman–Crippen LogP) is 1.80. The number of hydrogen-bond acceptors (Lipinski definition) is 2. The van der Waals surface area contributed by atoms with Crippen LogP contribution in [0.1, 0.15) is 17.2 Å². The van der Waals surface area contributed by atoms with Gasteiger partial charge < -0.3 is 11.5 Å². The number of benzene rings is 1. The summed E-state index contributed by atoms with van der Waals surface area (Å²) in [6.45, 7) is -0.174. The zero-order valence-electron chi connectivity index (χ0n) is 7.68. The molecule has 0 spiro atoms. The van der Waals surface area contributed by atoms with Crippen LogP contribution in [0.3, 0.4) is 0 Å². The summed E-state index contributed by atoms with van der Waals surface area (Å²) >= 11 is 0. The highest BCUT2D eigenvalue weighted by molar-refractivity contribution is 5.33. The average Bonchev–Trinajstić information content (AvgIpc) is 2.14. The molecule has 2 nitrogen and oxygen atoms in total. The molecule has 0 aliphatic carbocycles. The van der Waals surface area contributed by atoms with Crippen LogP contribution in [0.2, 0.25) is 0 Å². The molecular weight excluding hydrogens is 212 g/mol. The monoisotopic (exact) mass is 222 g/mol. The fourth-order valence-electron chi connectivity index (χ4n) is 1.28. The van der Waals surface area contributed by atoms with Gasteiger partial charge in [-0.3, -0.25) is 0 Å². The second-order valence-electron chi connectivity index (χ2n) is 3.04. The van der Waals surface area contributed by atoms with Gasteiger partial charge in [0.25, 0.3) is 0 Å². The fraction of sp³-hybridized carbons (Fsp3) is 0.333. The summed E-state index contributed by atoms with van der Waals surface area (Å²) in [7, 11) is 0. The van der Waals surface area contributed by atoms with Crippen molar-refractivity contribution in [2.75, 3.05) is 6.54 Å². The van der Waals surface area contributed by atoms with Crippen molar-refractivity contribution < 1.29 is 17.6 Å². The van der Waals surface area contributed by atoms with E-state index in [0.717, 1.165) is 12.1 Å². The van der Waals surface area contributed by atoms with Gasteiger partial charge in [-0.2, -0.15) is 13.2 Å². The van der Waals surface area contributed by atoms with Crippen LogP contribution >= 0.6 is 0 Å². The van der Waals surface area contributed by atoms with Gasteiger partial charge in [0.2, 0.25) is 0 Å². The molecule has 15 heavy (non-hydrogen) atoms. The van der Waals surface area contributed by atoms with E-state index in [1.165, 1.54) is 6.07 Å². The average molecular weight is 222 g/mol. The van der Waals surface area contributed by atoms with Crippen molar-refractivity contribution in [3.8, 4) is 0 Å². The number of halogens is 4. The molecule has 0 heterocycles. The number of rotatable bonds is 2. The van der Waals surface area contributed by atoms with Gasteiger partial charge >= 0.3 is 6.18 Å². The van der Waals surface area contributed by atoms with Crippen LogP contribution in [0.5, 0.6) is 0 Å². The van der Waals surface area contributed by atoms with Crippen molar-refractivity contribution in [3.05, 3.63) is 35.1 Å². The minimum absolute atomic E-state index is 0.174. The van der Waals surface area contributed by atoms with Gasteiger partial charge in [0.1, 0.15) is 5.82 Å². The molecule has 1 aromatic rings. The van der Waals surface area contributed by atoms with E-state index in [1.54, 1.807) is 0 Å². The Morgan fingerprint density at radius 3 is 2.33 bits per heavy atom. The summed E-state index contributed by atoms with van der Waals surface area (Å²) < 4.78 is 50.4. The lowest BCUT2D eigenvalue weighted by Crippen LogP contribution is -2.25. The van der Waals surface area contributed by atoms with Crippen molar-refractivity contribution >= 4 is 0 Å². The van der Waals surface area contributed by atoms with Gasteiger partial charge in [-0.05, 0) is 11.6 Å². The van der Waals surface area contributed by atoms with E-state index >= 15 is 0 Å². The summed E-state index contributed by atoms with van der Waals surface area (Å²) in [4.78, 5) is 0. The van der Waals surface area contributed by atoms with E-state index in [4.69, 9.17) is 11.5 Å². The first-order chi connectivity index (χ1) is 6.88. The first-order valence-corrected chi connectivity index (χ1v) is 4.19. The quantitative estimate of drug-likeness (QED) is 0.749. The van der Waals surface area contributed by atoms with Gasteiger partial charge in [0.05, 0.1) is 5.56 Å². The SMILES string of the molecule is NC[C@@H](N)c1cccc(F)c1C(F)(F)F. The van der Waals surface area contributed by atoms with Crippen LogP contribution in [0.4, 0.5) is 17.6 Å². The Morgan fingerprint density at radius 1 is 1.27 bits per heavy atom. The molecule has 1 rings (SSSR count). The Bertz CT molecular complexity index is 348. The molecule has 4 N–H and O–H groups in total. The summed E-state index contributed by atoms with van der Waals surface area (Å²) in [6, 6.07) is 2.03. The van der Waals surface area contributed by atoms with Crippen LogP contribution < -0.4 is 11.5 Å². The highest BCUT2D eigenvalue weighted by atomic mass is 19.4. The number of alkyl halides is 3. The van der Waals surface area contributed by atoms with E-state index in [-0.39, 0.29) is 12.1 Å². The van der Waals surface area contributed by atoms with E-state index < -0.39 is 23.6 Å². The summed E-state index contributed by atoms with van der Waals surface area (Å²) in [5.74, 6) is -1.33. The molecule has 0 aliphatic rings. The molecule has 0 saturated carbocycles. The smallest absolute Gasteiger partial charge is 0.329 e. The van der Waals surface area contributed by atoms with E-state index in [2.05, 4.69) is 0 Å². The summed E-state index contributed by atoms with van der Waals surface area (Å²) in [5.41, 5.74) is 8.88. The summed E-state index contributed by atoms with van der Waals surface area (Å²) in [6.07, 6.45) is -4.76. The van der Waals surface area contributed by atoms with Crippen molar-refractivity contribution in [1.82, 2.24) is 0 Å². The van der Waals surface area contributed by atoms with Crippen molar-refractivity contribution in [1.29, 1.82) is 0 Å². The largest absolute Gasteiger partial charge is 0.419 e. The first kappa shape index (κ1) is 11.9. The molecule has 0 bridgehead atoms. The lowest BCUT2D eigenvalue weighted by atomic mass is 10.00. The number of hydrogen-bond donors (Lipinski definition) is 2. The molecule has 84 valence electrons. The molecule has 0 saturated heterocycles. The van der Waals surface area contributed by atoms with E-state index in [9.17, 15) is 17.6 Å². The lowest BCUT2D eigenvalue weighted by molar-refractivity contribution is -0.140. The molecule has 6 heteroatoms. The maximum Gasteiger partial charge on any atom is 0.419 e. The normalized spacial score (nSPS) is 14.0. The molecule has 0 amide bonds. The zero-order chi connectivity index (χ0) is 11.6. The zero-order valence-corrected chi connectivity index (χ0v) is 7.68. The number of nitrogens with two attached hydrogens (primary N) is 2. The first-order valence-electron chi connectivity index (χ1n) is 4.19. The molecule has 0 aromatic heterocycles. The second kappa shape index (κ2) is 4.16. The van der Waals surface area contributed by atoms with Crippen LogP contribution in [-0.4, -0.2) is 6.54 Å². The Hall–Kier alpha value is -1.14. The maximum atomic E-state index is 13.0. The van der Waals surface area contributed by atoms with Gasteiger partial charge in [-0.15, -0.1) is 0 Å². The van der Waals surface area contributed by atoms with Gasteiger partial charge in [0.15, 0.2) is 0 Å². The lowest BCUT2D eigenvalue weighted by Gasteiger charge is -2.17. The minimum atomic E-state index is -4.76. The minimum Gasteiger partial charge on any atom is -0.329 e. The van der Waals surface area contributed by atoms with Gasteiger partial charge in [-0.25, -0.2) is 4.39 Å². The van der Waals surface area contributed by atoms with Crippen molar-refractivity contribution in [2.45, 2.75) is 12.2 Å². The summed E-state index contributed by atoms with van der Waals surface area (Å²) in [5, 5.41) is 0. The molecular formula is C9H10F4N2. The van der Waals surface area contributed by atoms with Crippen LogP contribution in [-0.2, 0) is 6.18 Å². The highest BCUT2D eigenvalue weighted by Gasteiger charge is 2.37. The molecule has 1 aromatic carbocycles. The third kappa shape index (κ3) is 2.45. The molecule has 0 unspecified atom stereocenters. The Morgan fingerprint density at radius 2 is 1.87 bits per heavy atom. The molecule has 0 radical (unpaired) electrons. The van der Waals surface area contributed by atoms with E-state index in [0.29, 0.717) is 0 Å². The Kier molecular flexibility index (Phi) is 3.31. The van der Waals surface area contributed by atoms with Crippen LogP contribution in [0.15, 0.2) is 18.2 Å². The van der Waals surface area contributed by atoms with Gasteiger partial charge in [-0.1, -0.05) is 12.1 Å². The molecule has 1 atom stereocenters. The Balaban J connectivity index is 3.33. The Labute approximate surface area is 83.9 Å². The van der Waals surface area contributed by atoms with Crippen molar-refractivity contribution in [3.63, 3.8) is 0 Å². The fourth-order valence-corrected chi connectivity index (χ4v) is 1.28. The maximum absolute atomic E-state index is 13.0. The van der Waals surface area contributed by atoms with Crippen LogP contribution in [0.25, 0.3) is 0 Å². The van der Waals surface area contributed by atoms with Crippen molar-refractivity contribution in [2.24, 2.45) is 11.5 Å². The van der Waals surface area contributed by atoms with E-state index in [1.807, 2.05) is 0 Å². The molecule has 0 fully saturated rings. The topological polar surface area (TPSA) is 52.0 Å². The standard InChI is InChI=1S/C9H10F4N2/c10-6-3-1-2-5(7(15)4-14)8(6)9(11,12)13/h1-3,7H,4,14-15H2/t7-/m1/s1. The third-order valence-electron chi connectivity index (χ3n) is 1.98. The molecule has 0 aliphatic heterocycles.